The van der Waals surface area contributed by atoms with Gasteiger partial charge in [0.1, 0.15) is 0 Å². The Morgan fingerprint density at radius 3 is 1.77 bits per heavy atom. The topological polar surface area (TPSA) is 3.24 Å². The summed E-state index contributed by atoms with van der Waals surface area (Å²) < 4.78 is 2.58. The molecule has 0 amide bonds. The predicted molar refractivity (Wildman–Crippen MR) is 225 cm³/mol. The second kappa shape index (κ2) is 12.7. The van der Waals surface area contributed by atoms with Crippen LogP contribution in [0.3, 0.4) is 0 Å². The van der Waals surface area contributed by atoms with E-state index in [0.717, 1.165) is 11.4 Å². The molecule has 2 heteroatoms. The molecule has 0 saturated heterocycles. The molecule has 1 heterocycles. The van der Waals surface area contributed by atoms with Gasteiger partial charge in [-0.1, -0.05) is 158 Å². The molecular formula is C50H33NS. The first-order chi connectivity index (χ1) is 25.8. The molecule has 0 atom stereocenters. The SMILES string of the molecule is c1ccc(-c2cc(-c3ccc(N(c4ccccc4-c4cccc5ccccc45)c4cccc5c4sc4ccccc45)cc3)cc3ccccc23)cc1. The quantitative estimate of drug-likeness (QED) is 0.169. The monoisotopic (exact) mass is 679 g/mol. The summed E-state index contributed by atoms with van der Waals surface area (Å²) in [7, 11) is 0. The van der Waals surface area contributed by atoms with Crippen LogP contribution in [-0.2, 0) is 0 Å². The molecule has 0 saturated carbocycles. The third-order valence-corrected chi connectivity index (χ3v) is 11.5. The maximum absolute atomic E-state index is 2.47. The van der Waals surface area contributed by atoms with E-state index >= 15 is 0 Å². The average molecular weight is 680 g/mol. The Bertz CT molecular complexity index is 2900. The molecule has 0 unspecified atom stereocenters. The Morgan fingerprint density at radius 2 is 0.923 bits per heavy atom. The number of hydrogen-bond donors (Lipinski definition) is 0. The molecule has 0 aliphatic heterocycles. The highest BCUT2D eigenvalue weighted by Gasteiger charge is 2.21. The third-order valence-electron chi connectivity index (χ3n) is 10.3. The minimum absolute atomic E-state index is 1.12. The summed E-state index contributed by atoms with van der Waals surface area (Å²) in [6.45, 7) is 0. The maximum Gasteiger partial charge on any atom is 0.0640 e. The number of anilines is 3. The molecule has 244 valence electrons. The van der Waals surface area contributed by atoms with Crippen molar-refractivity contribution in [1.29, 1.82) is 0 Å². The second-order valence-corrected chi connectivity index (χ2v) is 14.3. The van der Waals surface area contributed by atoms with E-state index in [0.29, 0.717) is 0 Å². The zero-order chi connectivity index (χ0) is 34.4. The molecule has 10 rings (SSSR count). The summed E-state index contributed by atoms with van der Waals surface area (Å²) >= 11 is 1.87. The molecule has 0 spiro atoms. The number of para-hydroxylation sites is 1. The van der Waals surface area contributed by atoms with E-state index in [-0.39, 0.29) is 0 Å². The van der Waals surface area contributed by atoms with Crippen molar-refractivity contribution in [1.82, 2.24) is 0 Å². The molecule has 52 heavy (non-hydrogen) atoms. The summed E-state index contributed by atoms with van der Waals surface area (Å²) in [4.78, 5) is 2.47. The highest BCUT2D eigenvalue weighted by molar-refractivity contribution is 7.26. The standard InChI is InChI=1S/C50H33NS/c1-2-14-36(15-3-1)46-33-38(32-37-17-5-7-20-41(37)46)34-28-30-39(31-29-34)51(48-26-13-24-45-44-22-9-11-27-49(44)52-50(45)48)47-25-10-8-21-43(47)42-23-12-18-35-16-4-6-19-40(35)42/h1-33H. The highest BCUT2D eigenvalue weighted by Crippen LogP contribution is 2.48. The fourth-order valence-electron chi connectivity index (χ4n) is 7.81. The van der Waals surface area contributed by atoms with Crippen LogP contribution < -0.4 is 4.90 Å². The minimum Gasteiger partial charge on any atom is -0.308 e. The van der Waals surface area contributed by atoms with Crippen LogP contribution in [0.4, 0.5) is 17.1 Å². The molecule has 0 fully saturated rings. The number of thiophene rings is 1. The predicted octanol–water partition coefficient (Wildman–Crippen LogP) is 14.8. The minimum atomic E-state index is 1.12. The van der Waals surface area contributed by atoms with Crippen molar-refractivity contribution in [2.45, 2.75) is 0 Å². The normalized spacial score (nSPS) is 11.5. The fraction of sp³-hybridized carbons (Fsp3) is 0. The van der Waals surface area contributed by atoms with Crippen molar-refractivity contribution in [3.63, 3.8) is 0 Å². The van der Waals surface area contributed by atoms with Gasteiger partial charge in [0.2, 0.25) is 0 Å². The van der Waals surface area contributed by atoms with E-state index in [1.165, 1.54) is 80.8 Å². The maximum atomic E-state index is 2.47. The fourth-order valence-corrected chi connectivity index (χ4v) is 9.02. The molecule has 0 radical (unpaired) electrons. The highest BCUT2D eigenvalue weighted by atomic mass is 32.1. The van der Waals surface area contributed by atoms with Crippen molar-refractivity contribution in [2.24, 2.45) is 0 Å². The Kier molecular flexibility index (Phi) is 7.41. The Morgan fingerprint density at radius 1 is 0.327 bits per heavy atom. The van der Waals surface area contributed by atoms with Gasteiger partial charge in [-0.2, -0.15) is 0 Å². The Hall–Kier alpha value is -6.48. The van der Waals surface area contributed by atoms with E-state index in [4.69, 9.17) is 0 Å². The number of hydrogen-bond acceptors (Lipinski definition) is 2. The van der Waals surface area contributed by atoms with Gasteiger partial charge in [0.15, 0.2) is 0 Å². The summed E-state index contributed by atoms with van der Waals surface area (Å²) in [5, 5.41) is 7.58. The summed E-state index contributed by atoms with van der Waals surface area (Å²) in [6, 6.07) is 72.9. The van der Waals surface area contributed by atoms with Gasteiger partial charge in [-0.3, -0.25) is 0 Å². The average Bonchev–Trinajstić information content (AvgIpc) is 3.61. The lowest BCUT2D eigenvalue weighted by Crippen LogP contribution is -2.11. The van der Waals surface area contributed by atoms with Gasteiger partial charge in [-0.25, -0.2) is 0 Å². The van der Waals surface area contributed by atoms with Crippen LogP contribution in [-0.4, -0.2) is 0 Å². The van der Waals surface area contributed by atoms with Crippen LogP contribution in [0.2, 0.25) is 0 Å². The summed E-state index contributed by atoms with van der Waals surface area (Å²) in [6.07, 6.45) is 0. The van der Waals surface area contributed by atoms with E-state index in [1.807, 2.05) is 11.3 Å². The van der Waals surface area contributed by atoms with Crippen LogP contribution in [0.5, 0.6) is 0 Å². The van der Waals surface area contributed by atoms with Crippen LogP contribution in [0.1, 0.15) is 0 Å². The lowest BCUT2D eigenvalue weighted by Gasteiger charge is -2.29. The van der Waals surface area contributed by atoms with Crippen molar-refractivity contribution < 1.29 is 0 Å². The van der Waals surface area contributed by atoms with Gasteiger partial charge in [0, 0.05) is 26.7 Å². The molecule has 9 aromatic carbocycles. The summed E-state index contributed by atoms with van der Waals surface area (Å²) in [5.74, 6) is 0. The van der Waals surface area contributed by atoms with Crippen molar-refractivity contribution in [3.8, 4) is 33.4 Å². The van der Waals surface area contributed by atoms with Crippen LogP contribution >= 0.6 is 11.3 Å². The first-order valence-corrected chi connectivity index (χ1v) is 18.6. The molecule has 0 aliphatic carbocycles. The first kappa shape index (κ1) is 30.4. The van der Waals surface area contributed by atoms with Gasteiger partial charge >= 0.3 is 0 Å². The number of nitrogens with zero attached hydrogens (tertiary/aromatic N) is 1. The molecule has 0 aliphatic rings. The molecule has 0 N–H and O–H groups in total. The zero-order valence-corrected chi connectivity index (χ0v) is 29.2. The van der Waals surface area contributed by atoms with E-state index in [9.17, 15) is 0 Å². The second-order valence-electron chi connectivity index (χ2n) is 13.3. The van der Waals surface area contributed by atoms with Crippen molar-refractivity contribution in [3.05, 3.63) is 200 Å². The van der Waals surface area contributed by atoms with Crippen LogP contribution in [0, 0.1) is 0 Å². The van der Waals surface area contributed by atoms with Gasteiger partial charge in [0.25, 0.3) is 0 Å². The van der Waals surface area contributed by atoms with Crippen molar-refractivity contribution >= 4 is 70.1 Å². The third kappa shape index (κ3) is 5.16. The number of rotatable bonds is 6. The Labute approximate surface area is 307 Å². The molecule has 1 nitrogen and oxygen atoms in total. The number of benzene rings is 9. The smallest absolute Gasteiger partial charge is 0.0640 e. The van der Waals surface area contributed by atoms with Gasteiger partial charge < -0.3 is 4.90 Å². The molecule has 0 bridgehead atoms. The van der Waals surface area contributed by atoms with Gasteiger partial charge in [-0.05, 0) is 91.8 Å². The Balaban J connectivity index is 1.18. The number of fused-ring (bicyclic) bond motifs is 5. The summed E-state index contributed by atoms with van der Waals surface area (Å²) in [5.41, 5.74) is 10.7. The molecular weight excluding hydrogens is 647 g/mol. The van der Waals surface area contributed by atoms with Crippen LogP contribution in [0.15, 0.2) is 200 Å². The van der Waals surface area contributed by atoms with Crippen molar-refractivity contribution in [2.75, 3.05) is 4.90 Å². The zero-order valence-electron chi connectivity index (χ0n) is 28.4. The van der Waals surface area contributed by atoms with E-state index in [1.54, 1.807) is 0 Å². The van der Waals surface area contributed by atoms with E-state index < -0.39 is 0 Å². The first-order valence-electron chi connectivity index (χ1n) is 17.8. The van der Waals surface area contributed by atoms with Gasteiger partial charge in [0.05, 0.1) is 16.1 Å². The van der Waals surface area contributed by atoms with Crippen LogP contribution in [0.25, 0.3) is 75.1 Å². The molecule has 10 aromatic rings. The lowest BCUT2D eigenvalue weighted by molar-refractivity contribution is 1.30. The lowest BCUT2D eigenvalue weighted by atomic mass is 9.93. The molecule has 1 aromatic heterocycles. The van der Waals surface area contributed by atoms with E-state index in [2.05, 4.69) is 205 Å². The largest absolute Gasteiger partial charge is 0.308 e. The van der Waals surface area contributed by atoms with Gasteiger partial charge in [-0.15, -0.1) is 11.3 Å².